The van der Waals surface area contributed by atoms with Crippen molar-refractivity contribution >= 4 is 23.2 Å². The monoisotopic (exact) mass is 474 g/mol. The molecule has 5 nitrogen and oxygen atoms in total. The Morgan fingerprint density at radius 3 is 2.61 bits per heavy atom. The normalized spacial score (nSPS) is 35.9. The maximum atomic E-state index is 12.9. The zero-order valence-electron chi connectivity index (χ0n) is 20.5. The number of rotatable bonds is 6. The molecular weight excluding hydrogens is 432 g/mol. The summed E-state index contributed by atoms with van der Waals surface area (Å²) in [5, 5.41) is 20.1. The van der Waals surface area contributed by atoms with Gasteiger partial charge in [0.25, 0.3) is 0 Å². The summed E-state index contributed by atoms with van der Waals surface area (Å²) in [5.41, 5.74) is 0.0779. The summed E-state index contributed by atoms with van der Waals surface area (Å²) in [4.78, 5) is 27.0. The molecule has 7 unspecified atom stereocenters. The molecule has 7 atom stereocenters. The van der Waals surface area contributed by atoms with Gasteiger partial charge in [0, 0.05) is 22.8 Å². The summed E-state index contributed by atoms with van der Waals surface area (Å²) >= 11 is 1.64. The fourth-order valence-corrected chi connectivity index (χ4v) is 7.75. The van der Waals surface area contributed by atoms with Crippen LogP contribution in [0.15, 0.2) is 17.5 Å². The Kier molecular flexibility index (Phi) is 7.84. The van der Waals surface area contributed by atoms with Gasteiger partial charge in [0.1, 0.15) is 0 Å². The van der Waals surface area contributed by atoms with Crippen LogP contribution in [0.3, 0.4) is 0 Å². The second-order valence-corrected chi connectivity index (χ2v) is 12.3. The van der Waals surface area contributed by atoms with E-state index in [9.17, 15) is 14.7 Å². The van der Waals surface area contributed by atoms with E-state index >= 15 is 0 Å². The highest BCUT2D eigenvalue weighted by Crippen LogP contribution is 2.55. The molecule has 184 valence electrons. The second-order valence-electron chi connectivity index (χ2n) is 11.3. The van der Waals surface area contributed by atoms with Crippen LogP contribution in [0.1, 0.15) is 83.4 Å². The zero-order valence-corrected chi connectivity index (χ0v) is 21.3. The minimum Gasteiger partial charge on any atom is -0.392 e. The standard InChI is InChI=1S/C27H42N2O3S/c1-17(25(31)28-16-20-10-7-15-33-20)21-11-13-27(3)14-12-22(18(2)23(27)24(21)30)29-26(32)19-8-5-4-6-9-19/h7,10,15,17-19,21-24,30H,4-6,8-9,11-14,16H2,1-3H3,(H,28,31)(H,29,32). The summed E-state index contributed by atoms with van der Waals surface area (Å²) in [6.07, 6.45) is 9.00. The highest BCUT2D eigenvalue weighted by Gasteiger charge is 2.54. The van der Waals surface area contributed by atoms with E-state index in [0.29, 0.717) is 6.54 Å². The minimum atomic E-state index is -0.518. The van der Waals surface area contributed by atoms with Crippen molar-refractivity contribution in [2.45, 2.75) is 97.2 Å². The third-order valence-electron chi connectivity index (χ3n) is 9.26. The molecule has 1 heterocycles. The molecule has 33 heavy (non-hydrogen) atoms. The first-order valence-electron chi connectivity index (χ1n) is 13.1. The summed E-state index contributed by atoms with van der Waals surface area (Å²) in [5.74, 6) is 0.454. The first-order valence-corrected chi connectivity index (χ1v) is 14.0. The van der Waals surface area contributed by atoms with Crippen molar-refractivity contribution in [1.82, 2.24) is 10.6 Å². The van der Waals surface area contributed by atoms with Crippen LogP contribution in [0.2, 0.25) is 0 Å². The Hall–Kier alpha value is -1.40. The Morgan fingerprint density at radius 2 is 1.91 bits per heavy atom. The van der Waals surface area contributed by atoms with Crippen molar-refractivity contribution in [3.63, 3.8) is 0 Å². The smallest absolute Gasteiger partial charge is 0.223 e. The van der Waals surface area contributed by atoms with Gasteiger partial charge in [-0.15, -0.1) is 11.3 Å². The zero-order chi connectivity index (χ0) is 23.6. The maximum Gasteiger partial charge on any atom is 0.223 e. The van der Waals surface area contributed by atoms with Gasteiger partial charge in [-0.3, -0.25) is 9.59 Å². The Balaban J connectivity index is 1.40. The quantitative estimate of drug-likeness (QED) is 0.549. The molecule has 2 amide bonds. The van der Waals surface area contributed by atoms with Gasteiger partial charge in [-0.25, -0.2) is 0 Å². The van der Waals surface area contributed by atoms with Gasteiger partial charge in [0.05, 0.1) is 12.6 Å². The van der Waals surface area contributed by atoms with E-state index in [1.54, 1.807) is 11.3 Å². The van der Waals surface area contributed by atoms with E-state index in [-0.39, 0.29) is 52.9 Å². The van der Waals surface area contributed by atoms with Crippen LogP contribution in [-0.2, 0) is 16.1 Å². The number of aliphatic hydroxyl groups is 1. The molecule has 3 aliphatic carbocycles. The van der Waals surface area contributed by atoms with Crippen molar-refractivity contribution in [1.29, 1.82) is 0 Å². The van der Waals surface area contributed by atoms with Crippen molar-refractivity contribution in [2.24, 2.45) is 35.0 Å². The summed E-state index contributed by atoms with van der Waals surface area (Å²) < 4.78 is 0. The van der Waals surface area contributed by atoms with Crippen LogP contribution in [0.25, 0.3) is 0 Å². The highest BCUT2D eigenvalue weighted by molar-refractivity contribution is 7.09. The summed E-state index contributed by atoms with van der Waals surface area (Å²) in [6, 6.07) is 4.14. The van der Waals surface area contributed by atoms with Gasteiger partial charge in [0.15, 0.2) is 0 Å². The van der Waals surface area contributed by atoms with Gasteiger partial charge < -0.3 is 15.7 Å². The van der Waals surface area contributed by atoms with Gasteiger partial charge >= 0.3 is 0 Å². The molecule has 3 saturated carbocycles. The molecule has 3 aliphatic rings. The fraction of sp³-hybridized carbons (Fsp3) is 0.778. The molecule has 0 saturated heterocycles. The largest absolute Gasteiger partial charge is 0.392 e. The topological polar surface area (TPSA) is 78.4 Å². The van der Waals surface area contributed by atoms with Crippen LogP contribution >= 0.6 is 11.3 Å². The Morgan fingerprint density at radius 1 is 1.18 bits per heavy atom. The Labute approximate surface area is 203 Å². The molecule has 4 rings (SSSR count). The molecule has 0 aromatic carbocycles. The molecule has 0 spiro atoms. The average molecular weight is 475 g/mol. The van der Waals surface area contributed by atoms with Crippen LogP contribution in [0.4, 0.5) is 0 Å². The maximum absolute atomic E-state index is 12.9. The van der Waals surface area contributed by atoms with E-state index in [1.165, 1.54) is 6.42 Å². The van der Waals surface area contributed by atoms with Crippen LogP contribution < -0.4 is 10.6 Å². The van der Waals surface area contributed by atoms with E-state index in [0.717, 1.165) is 56.2 Å². The number of carbonyl (C=O) groups is 2. The number of nitrogens with one attached hydrogen (secondary N) is 2. The van der Waals surface area contributed by atoms with Gasteiger partial charge in [0.2, 0.25) is 11.8 Å². The van der Waals surface area contributed by atoms with E-state index in [4.69, 9.17) is 0 Å². The van der Waals surface area contributed by atoms with Crippen LogP contribution in [0.5, 0.6) is 0 Å². The molecule has 3 fully saturated rings. The minimum absolute atomic E-state index is 0.0293. The van der Waals surface area contributed by atoms with Crippen LogP contribution in [-0.4, -0.2) is 29.1 Å². The number of thiophene rings is 1. The third-order valence-corrected chi connectivity index (χ3v) is 10.1. The molecule has 6 heteroatoms. The van der Waals surface area contributed by atoms with Gasteiger partial charge in [-0.1, -0.05) is 46.1 Å². The number of fused-ring (bicyclic) bond motifs is 1. The summed E-state index contributed by atoms with van der Waals surface area (Å²) in [6.45, 7) is 7.04. The average Bonchev–Trinajstić information content (AvgIpc) is 3.33. The molecule has 1 aromatic rings. The van der Waals surface area contributed by atoms with Crippen molar-refractivity contribution in [3.8, 4) is 0 Å². The van der Waals surface area contributed by atoms with Crippen molar-refractivity contribution < 1.29 is 14.7 Å². The lowest BCUT2D eigenvalue weighted by Crippen LogP contribution is -2.59. The Bertz CT molecular complexity index is 806. The third kappa shape index (κ3) is 5.32. The van der Waals surface area contributed by atoms with E-state index in [2.05, 4.69) is 24.5 Å². The lowest BCUT2D eigenvalue weighted by Gasteiger charge is -2.56. The summed E-state index contributed by atoms with van der Waals surface area (Å²) in [7, 11) is 0. The number of amides is 2. The predicted molar refractivity (Wildman–Crippen MR) is 133 cm³/mol. The van der Waals surface area contributed by atoms with Crippen molar-refractivity contribution in [2.75, 3.05) is 0 Å². The molecular formula is C27H42N2O3S. The van der Waals surface area contributed by atoms with E-state index in [1.807, 2.05) is 24.4 Å². The molecule has 0 radical (unpaired) electrons. The second kappa shape index (κ2) is 10.5. The lowest BCUT2D eigenvalue weighted by molar-refractivity contribution is -0.144. The van der Waals surface area contributed by atoms with Crippen molar-refractivity contribution in [3.05, 3.63) is 22.4 Å². The van der Waals surface area contributed by atoms with Gasteiger partial charge in [-0.05, 0) is 73.1 Å². The first kappa shape index (κ1) is 24.7. The number of aliphatic hydroxyl groups excluding tert-OH is 1. The number of hydrogen-bond acceptors (Lipinski definition) is 4. The highest BCUT2D eigenvalue weighted by atomic mass is 32.1. The first-order chi connectivity index (χ1) is 15.8. The number of hydrogen-bond donors (Lipinski definition) is 3. The molecule has 0 bridgehead atoms. The molecule has 0 aliphatic heterocycles. The predicted octanol–water partition coefficient (Wildman–Crippen LogP) is 4.89. The molecule has 1 aromatic heterocycles. The van der Waals surface area contributed by atoms with Crippen LogP contribution in [0, 0.1) is 35.0 Å². The fourth-order valence-electron chi connectivity index (χ4n) is 7.11. The van der Waals surface area contributed by atoms with Gasteiger partial charge in [-0.2, -0.15) is 0 Å². The SMILES string of the molecule is CC(C(=O)NCc1cccs1)C1CCC2(C)CCC(NC(=O)C3CCCCC3)C(C)C2C1O. The number of carbonyl (C=O) groups excluding carboxylic acids is 2. The van der Waals surface area contributed by atoms with E-state index < -0.39 is 6.10 Å². The lowest BCUT2D eigenvalue weighted by atomic mass is 9.51. The molecule has 3 N–H and O–H groups in total.